The van der Waals surface area contributed by atoms with Gasteiger partial charge in [-0.05, 0) is 51.4 Å². The van der Waals surface area contributed by atoms with Crippen molar-refractivity contribution >= 4 is 5.78 Å². The molecule has 3 rings (SSSR count). The Labute approximate surface area is 151 Å². The summed E-state index contributed by atoms with van der Waals surface area (Å²) in [5, 5.41) is 3.24. The summed E-state index contributed by atoms with van der Waals surface area (Å²) in [4.78, 5) is 16.7. The lowest BCUT2D eigenvalue weighted by molar-refractivity contribution is -0.119. The number of nitrogens with zero attached hydrogens (tertiary/aromatic N) is 2. The highest BCUT2D eigenvalue weighted by Gasteiger charge is 2.57. The quantitative estimate of drug-likeness (QED) is 0.826. The van der Waals surface area contributed by atoms with Crippen molar-refractivity contribution in [1.29, 1.82) is 0 Å². The zero-order valence-corrected chi connectivity index (χ0v) is 15.8. The summed E-state index contributed by atoms with van der Waals surface area (Å²) in [5.41, 5.74) is 3.54. The molecule has 0 spiro atoms. The Morgan fingerprint density at radius 1 is 1.32 bits per heavy atom. The third-order valence-electron chi connectivity index (χ3n) is 6.04. The highest BCUT2D eigenvalue weighted by Crippen LogP contribution is 2.51. The molecular formula is C21H31N3O. The normalized spacial score (nSPS) is 26.5. The number of benzene rings is 1. The molecule has 136 valence electrons. The van der Waals surface area contributed by atoms with Crippen LogP contribution in [0.25, 0.3) is 0 Å². The minimum atomic E-state index is -0.331. The zero-order valence-electron chi connectivity index (χ0n) is 15.8. The van der Waals surface area contributed by atoms with Gasteiger partial charge in [-0.3, -0.25) is 4.79 Å². The smallest absolute Gasteiger partial charge is 0.150 e. The Kier molecular flexibility index (Phi) is 5.30. The summed E-state index contributed by atoms with van der Waals surface area (Å²) >= 11 is 0. The molecule has 1 aliphatic heterocycles. The van der Waals surface area contributed by atoms with Crippen LogP contribution < -0.4 is 5.32 Å². The molecule has 25 heavy (non-hydrogen) atoms. The Morgan fingerprint density at radius 2 is 2.04 bits per heavy atom. The lowest BCUT2D eigenvalue weighted by Gasteiger charge is -2.35. The third-order valence-corrected chi connectivity index (χ3v) is 6.04. The molecular weight excluding hydrogens is 310 g/mol. The van der Waals surface area contributed by atoms with Gasteiger partial charge in [0.2, 0.25) is 0 Å². The summed E-state index contributed by atoms with van der Waals surface area (Å²) in [6.45, 7) is 10.4. The number of rotatable bonds is 7. The van der Waals surface area contributed by atoms with Crippen LogP contribution in [0.5, 0.6) is 0 Å². The van der Waals surface area contributed by atoms with Gasteiger partial charge in [0, 0.05) is 37.8 Å². The number of ketones is 1. The summed E-state index contributed by atoms with van der Waals surface area (Å²) in [5.74, 6) is 0.560. The number of aryl methyl sites for hydroxylation is 1. The second-order valence-electron chi connectivity index (χ2n) is 7.64. The number of piperazine rings is 1. The van der Waals surface area contributed by atoms with Gasteiger partial charge < -0.3 is 15.1 Å². The first-order valence-corrected chi connectivity index (χ1v) is 9.36. The van der Waals surface area contributed by atoms with Gasteiger partial charge in [-0.25, -0.2) is 0 Å². The molecule has 1 saturated heterocycles. The molecule has 1 N–H and O–H groups in total. The van der Waals surface area contributed by atoms with Gasteiger partial charge in [-0.1, -0.05) is 30.8 Å². The Morgan fingerprint density at radius 3 is 2.64 bits per heavy atom. The molecule has 4 heteroatoms. The maximum Gasteiger partial charge on any atom is 0.150 e. The van der Waals surface area contributed by atoms with Gasteiger partial charge >= 0.3 is 0 Å². The van der Waals surface area contributed by atoms with E-state index in [1.807, 2.05) is 7.05 Å². The van der Waals surface area contributed by atoms with Crippen LogP contribution in [-0.2, 0) is 11.2 Å². The van der Waals surface area contributed by atoms with E-state index in [1.165, 1.54) is 16.8 Å². The fourth-order valence-corrected chi connectivity index (χ4v) is 4.04. The van der Waals surface area contributed by atoms with E-state index < -0.39 is 0 Å². The molecule has 1 heterocycles. The minimum Gasteiger partial charge on any atom is -0.373 e. The molecule has 0 radical (unpaired) electrons. The van der Waals surface area contributed by atoms with Gasteiger partial charge in [0.1, 0.15) is 5.78 Å². The van der Waals surface area contributed by atoms with E-state index in [4.69, 9.17) is 0 Å². The van der Waals surface area contributed by atoms with E-state index >= 15 is 0 Å². The first-order valence-electron chi connectivity index (χ1n) is 9.36. The van der Waals surface area contributed by atoms with Crippen LogP contribution in [0.15, 0.2) is 36.5 Å². The van der Waals surface area contributed by atoms with Gasteiger partial charge in [0.05, 0.1) is 5.54 Å². The summed E-state index contributed by atoms with van der Waals surface area (Å²) < 4.78 is 0. The van der Waals surface area contributed by atoms with Gasteiger partial charge in [0.15, 0.2) is 0 Å². The van der Waals surface area contributed by atoms with Crippen LogP contribution in [0.3, 0.4) is 0 Å². The molecule has 2 unspecified atom stereocenters. The number of hydrogen-bond donors (Lipinski definition) is 1. The first-order chi connectivity index (χ1) is 12.0. The number of Topliss-reactive ketones (excluding diaryl/α,β-unsaturated/α-hetero) is 1. The van der Waals surface area contributed by atoms with E-state index in [0.717, 1.165) is 45.4 Å². The topological polar surface area (TPSA) is 35.6 Å². The molecule has 0 amide bonds. The second-order valence-corrected chi connectivity index (χ2v) is 7.64. The maximum atomic E-state index is 12.0. The highest BCUT2D eigenvalue weighted by atomic mass is 16.1. The Hall–Kier alpha value is -1.65. The minimum absolute atomic E-state index is 0.244. The standard InChI is InChI=1S/C21H31N3O/c1-16(24-12-10-23(4)11-13-24)8-9-18-6-5-7-19(14-18)20-15-21(20,22-3)17(2)25/h5-7,14,20,22H,1,8-13,15H2,2-4H3. The molecule has 1 aromatic carbocycles. The lowest BCUT2D eigenvalue weighted by Crippen LogP contribution is -2.43. The van der Waals surface area contributed by atoms with E-state index in [9.17, 15) is 4.79 Å². The van der Waals surface area contributed by atoms with Crippen molar-refractivity contribution in [3.05, 3.63) is 47.7 Å². The molecule has 0 aromatic heterocycles. The second kappa shape index (κ2) is 7.30. The molecule has 0 bridgehead atoms. The van der Waals surface area contributed by atoms with E-state index in [1.54, 1.807) is 6.92 Å². The monoisotopic (exact) mass is 341 g/mol. The van der Waals surface area contributed by atoms with Crippen molar-refractivity contribution in [3.63, 3.8) is 0 Å². The van der Waals surface area contributed by atoms with Crippen molar-refractivity contribution in [3.8, 4) is 0 Å². The lowest BCUT2D eigenvalue weighted by atomic mass is 9.99. The number of allylic oxidation sites excluding steroid dienone is 1. The van der Waals surface area contributed by atoms with Crippen molar-refractivity contribution in [2.75, 3.05) is 40.3 Å². The number of hydrogen-bond acceptors (Lipinski definition) is 4. The van der Waals surface area contributed by atoms with Crippen LogP contribution in [0.1, 0.15) is 36.8 Å². The zero-order chi connectivity index (χ0) is 18.0. The van der Waals surface area contributed by atoms with Gasteiger partial charge in [-0.15, -0.1) is 0 Å². The fourth-order valence-electron chi connectivity index (χ4n) is 4.04. The Bertz CT molecular complexity index is 648. The van der Waals surface area contributed by atoms with Gasteiger partial charge in [0.25, 0.3) is 0 Å². The van der Waals surface area contributed by atoms with Crippen molar-refractivity contribution < 1.29 is 4.79 Å². The third kappa shape index (κ3) is 3.80. The fraction of sp³-hybridized carbons (Fsp3) is 0.571. The predicted octanol–water partition coefficient (Wildman–Crippen LogP) is 2.41. The van der Waals surface area contributed by atoms with E-state index in [0.29, 0.717) is 5.92 Å². The molecule has 2 fully saturated rings. The molecule has 1 saturated carbocycles. The SMILES string of the molecule is C=C(CCc1cccc(C2CC2(NC)C(C)=O)c1)N1CCN(C)CC1. The van der Waals surface area contributed by atoms with Crippen LogP contribution in [0, 0.1) is 0 Å². The summed E-state index contributed by atoms with van der Waals surface area (Å²) in [6.07, 6.45) is 2.93. The largest absolute Gasteiger partial charge is 0.373 e. The van der Waals surface area contributed by atoms with Crippen molar-refractivity contribution in [2.45, 2.75) is 37.6 Å². The summed E-state index contributed by atoms with van der Waals surface area (Å²) in [7, 11) is 4.07. The molecule has 2 atom stereocenters. The molecule has 2 aliphatic rings. The summed E-state index contributed by atoms with van der Waals surface area (Å²) in [6, 6.07) is 8.76. The first kappa shape index (κ1) is 18.2. The predicted molar refractivity (Wildman–Crippen MR) is 103 cm³/mol. The highest BCUT2D eigenvalue weighted by molar-refractivity contribution is 5.91. The number of carbonyl (C=O) groups excluding carboxylic acids is 1. The van der Waals surface area contributed by atoms with Gasteiger partial charge in [-0.2, -0.15) is 0 Å². The number of likely N-dealkylation sites (N-methyl/N-ethyl adjacent to an activating group) is 2. The number of carbonyl (C=O) groups is 1. The molecule has 1 aliphatic carbocycles. The van der Waals surface area contributed by atoms with Crippen LogP contribution in [-0.4, -0.2) is 61.4 Å². The molecule has 4 nitrogen and oxygen atoms in total. The van der Waals surface area contributed by atoms with Crippen LogP contribution in [0.4, 0.5) is 0 Å². The molecule has 1 aromatic rings. The van der Waals surface area contributed by atoms with Crippen LogP contribution >= 0.6 is 0 Å². The Balaban J connectivity index is 1.58. The van der Waals surface area contributed by atoms with E-state index in [2.05, 4.69) is 53.0 Å². The average molecular weight is 341 g/mol. The number of nitrogens with one attached hydrogen (secondary N) is 1. The average Bonchev–Trinajstić information content (AvgIpc) is 3.37. The van der Waals surface area contributed by atoms with Crippen molar-refractivity contribution in [1.82, 2.24) is 15.1 Å². The van der Waals surface area contributed by atoms with Crippen LogP contribution in [0.2, 0.25) is 0 Å². The van der Waals surface area contributed by atoms with Crippen molar-refractivity contribution in [2.24, 2.45) is 0 Å². The maximum absolute atomic E-state index is 12.0. The van der Waals surface area contributed by atoms with E-state index in [-0.39, 0.29) is 11.3 Å².